The van der Waals surface area contributed by atoms with Crippen LogP contribution < -0.4 is 5.32 Å². The first-order valence-corrected chi connectivity index (χ1v) is 8.72. The summed E-state index contributed by atoms with van der Waals surface area (Å²) in [5.41, 5.74) is -1.75. The molecule has 0 bridgehead atoms. The highest BCUT2D eigenvalue weighted by molar-refractivity contribution is 5.87. The fourth-order valence-corrected chi connectivity index (χ4v) is 2.66. The number of rotatable bonds is 6. The van der Waals surface area contributed by atoms with Crippen molar-refractivity contribution in [2.45, 2.75) is 30.9 Å². The van der Waals surface area contributed by atoms with Gasteiger partial charge in [0.05, 0.1) is 18.2 Å². The zero-order valence-corrected chi connectivity index (χ0v) is 15.9. The maximum absolute atomic E-state index is 12.7. The summed E-state index contributed by atoms with van der Waals surface area (Å²) in [5, 5.41) is 12.3. The predicted octanol–water partition coefficient (Wildman–Crippen LogP) is 3.66. The molecule has 0 unspecified atom stereocenters. The van der Waals surface area contributed by atoms with E-state index in [1.807, 2.05) is 0 Å². The fraction of sp³-hybridized carbons (Fsp3) is 0.300. The number of hydrogen-bond acceptors (Lipinski definition) is 4. The number of carbonyl (C=O) groups is 2. The molecule has 168 valence electrons. The summed E-state index contributed by atoms with van der Waals surface area (Å²) in [6.07, 6.45) is -11.3. The predicted molar refractivity (Wildman–Crippen MR) is 95.5 cm³/mol. The highest BCUT2D eigenvalue weighted by Gasteiger charge is 2.32. The van der Waals surface area contributed by atoms with Crippen molar-refractivity contribution in [2.75, 3.05) is 7.11 Å². The van der Waals surface area contributed by atoms with Crippen molar-refractivity contribution in [3.63, 3.8) is 0 Å². The summed E-state index contributed by atoms with van der Waals surface area (Å²) in [6, 6.07) is 5.71. The lowest BCUT2D eigenvalue weighted by Crippen LogP contribution is -2.45. The number of carbonyl (C=O) groups excluding carboxylic acids is 2. The third-order valence-corrected chi connectivity index (χ3v) is 4.33. The zero-order chi connectivity index (χ0) is 23.4. The zero-order valence-electron chi connectivity index (χ0n) is 15.9. The van der Waals surface area contributed by atoms with E-state index in [0.29, 0.717) is 12.1 Å². The summed E-state index contributed by atoms with van der Waals surface area (Å²) in [7, 11) is 1.03. The molecule has 0 fully saturated rings. The Kier molecular flexibility index (Phi) is 7.32. The highest BCUT2D eigenvalue weighted by atomic mass is 19.4. The molecule has 0 aliphatic rings. The largest absolute Gasteiger partial charge is 0.467 e. The highest BCUT2D eigenvalue weighted by Crippen LogP contribution is 2.30. The number of benzene rings is 2. The summed E-state index contributed by atoms with van der Waals surface area (Å²) < 4.78 is 80.4. The van der Waals surface area contributed by atoms with Gasteiger partial charge in [-0.3, -0.25) is 4.79 Å². The van der Waals surface area contributed by atoms with Gasteiger partial charge in [0, 0.05) is 6.42 Å². The molecule has 11 heteroatoms. The van der Waals surface area contributed by atoms with Crippen molar-refractivity contribution >= 4 is 11.9 Å². The second-order valence-corrected chi connectivity index (χ2v) is 6.51. The van der Waals surface area contributed by atoms with Gasteiger partial charge in [-0.05, 0) is 35.4 Å². The van der Waals surface area contributed by atoms with Crippen LogP contribution in [-0.4, -0.2) is 30.1 Å². The topological polar surface area (TPSA) is 75.6 Å². The summed E-state index contributed by atoms with van der Waals surface area (Å²) >= 11 is 0. The number of methoxy groups -OCH3 is 1. The molecule has 1 amide bonds. The van der Waals surface area contributed by atoms with Gasteiger partial charge < -0.3 is 15.2 Å². The lowest BCUT2D eigenvalue weighted by molar-refractivity contribution is -0.146. The Morgan fingerprint density at radius 2 is 1.35 bits per heavy atom. The molecule has 0 saturated heterocycles. The summed E-state index contributed by atoms with van der Waals surface area (Å²) in [5.74, 6) is -2.02. The molecule has 0 radical (unpaired) electrons. The molecule has 2 atom stereocenters. The first kappa shape index (κ1) is 24.2. The van der Waals surface area contributed by atoms with E-state index in [-0.39, 0.29) is 17.5 Å². The quantitative estimate of drug-likeness (QED) is 0.522. The van der Waals surface area contributed by atoms with Crippen LogP contribution in [0.2, 0.25) is 0 Å². The van der Waals surface area contributed by atoms with Gasteiger partial charge in [0.1, 0.15) is 6.04 Å². The van der Waals surface area contributed by atoms with E-state index >= 15 is 0 Å². The molecule has 2 N–H and O–H groups in total. The van der Waals surface area contributed by atoms with E-state index in [2.05, 4.69) is 10.1 Å². The molecule has 0 aliphatic carbocycles. The normalized spacial score (nSPS) is 13.9. The van der Waals surface area contributed by atoms with Crippen LogP contribution in [0.4, 0.5) is 26.3 Å². The smallest absolute Gasteiger partial charge is 0.416 e. The Morgan fingerprint density at radius 3 is 1.77 bits per heavy atom. The molecule has 0 heterocycles. The van der Waals surface area contributed by atoms with Crippen molar-refractivity contribution in [3.8, 4) is 0 Å². The Morgan fingerprint density at radius 1 is 0.903 bits per heavy atom. The molecule has 31 heavy (non-hydrogen) atoms. The Balaban J connectivity index is 2.12. The standard InChI is InChI=1S/C20H17F6NO4/c1-31-18(30)15(10-11-2-6-13(7-3-11)19(21,22)23)27-17(29)16(28)12-4-8-14(9-5-12)20(24,25)26/h2-9,15-16,28H,10H2,1H3,(H,27,29)/t15-,16+/m1/s1. The molecular weight excluding hydrogens is 432 g/mol. The Hall–Kier alpha value is -3.08. The van der Waals surface area contributed by atoms with Gasteiger partial charge in [-0.25, -0.2) is 4.79 Å². The summed E-state index contributed by atoms with van der Waals surface area (Å²) in [4.78, 5) is 24.3. The SMILES string of the molecule is COC(=O)[C@@H](Cc1ccc(C(F)(F)F)cc1)NC(=O)[C@@H](O)c1ccc(C(F)(F)F)cc1. The van der Waals surface area contributed by atoms with Crippen LogP contribution >= 0.6 is 0 Å². The molecule has 0 spiro atoms. The van der Waals surface area contributed by atoms with E-state index in [4.69, 9.17) is 0 Å². The van der Waals surface area contributed by atoms with Gasteiger partial charge in [0.15, 0.2) is 6.10 Å². The summed E-state index contributed by atoms with van der Waals surface area (Å²) in [6.45, 7) is 0. The van der Waals surface area contributed by atoms with Crippen LogP contribution in [0, 0.1) is 0 Å². The molecule has 0 aromatic heterocycles. The van der Waals surface area contributed by atoms with Crippen LogP contribution in [0.25, 0.3) is 0 Å². The first-order chi connectivity index (χ1) is 14.3. The van der Waals surface area contributed by atoms with Gasteiger partial charge in [-0.2, -0.15) is 26.3 Å². The Bertz CT molecular complexity index is 907. The minimum absolute atomic E-state index is 0.149. The number of nitrogens with one attached hydrogen (secondary N) is 1. The van der Waals surface area contributed by atoms with E-state index in [1.165, 1.54) is 0 Å². The molecule has 2 aromatic carbocycles. The lowest BCUT2D eigenvalue weighted by Gasteiger charge is -2.19. The first-order valence-electron chi connectivity index (χ1n) is 8.72. The van der Waals surface area contributed by atoms with Gasteiger partial charge >= 0.3 is 18.3 Å². The number of hydrogen-bond donors (Lipinski definition) is 2. The van der Waals surface area contributed by atoms with Crippen molar-refractivity contribution in [3.05, 3.63) is 70.8 Å². The number of amides is 1. The van der Waals surface area contributed by atoms with Crippen molar-refractivity contribution < 1.29 is 45.8 Å². The molecule has 2 aromatic rings. The number of esters is 1. The van der Waals surface area contributed by atoms with Crippen LogP contribution in [-0.2, 0) is 33.1 Å². The number of ether oxygens (including phenoxy) is 1. The van der Waals surface area contributed by atoms with E-state index < -0.39 is 47.5 Å². The van der Waals surface area contributed by atoms with Crippen molar-refractivity contribution in [2.24, 2.45) is 0 Å². The van der Waals surface area contributed by atoms with Gasteiger partial charge in [-0.1, -0.05) is 24.3 Å². The minimum Gasteiger partial charge on any atom is -0.467 e. The third-order valence-electron chi connectivity index (χ3n) is 4.33. The second kappa shape index (κ2) is 9.38. The number of alkyl halides is 6. The molecule has 5 nitrogen and oxygen atoms in total. The van der Waals surface area contributed by atoms with Gasteiger partial charge in [0.2, 0.25) is 0 Å². The maximum atomic E-state index is 12.7. The average Bonchev–Trinajstić information content (AvgIpc) is 2.71. The molecular formula is C20H17F6NO4. The fourth-order valence-electron chi connectivity index (χ4n) is 2.66. The van der Waals surface area contributed by atoms with Gasteiger partial charge in [-0.15, -0.1) is 0 Å². The van der Waals surface area contributed by atoms with Gasteiger partial charge in [0.25, 0.3) is 5.91 Å². The van der Waals surface area contributed by atoms with Crippen molar-refractivity contribution in [1.29, 1.82) is 0 Å². The third kappa shape index (κ3) is 6.45. The molecule has 2 rings (SSSR count). The van der Waals surface area contributed by atoms with E-state index in [0.717, 1.165) is 43.5 Å². The minimum atomic E-state index is -4.59. The maximum Gasteiger partial charge on any atom is 0.416 e. The monoisotopic (exact) mass is 449 g/mol. The number of aliphatic hydroxyl groups is 1. The van der Waals surface area contributed by atoms with Crippen LogP contribution in [0.1, 0.15) is 28.4 Å². The van der Waals surface area contributed by atoms with E-state index in [9.17, 15) is 41.0 Å². The average molecular weight is 449 g/mol. The second-order valence-electron chi connectivity index (χ2n) is 6.51. The Labute approximate surface area is 172 Å². The number of halogens is 6. The number of aliphatic hydroxyl groups excluding tert-OH is 1. The van der Waals surface area contributed by atoms with Crippen molar-refractivity contribution in [1.82, 2.24) is 5.32 Å². The van der Waals surface area contributed by atoms with Crippen LogP contribution in [0.3, 0.4) is 0 Å². The lowest BCUT2D eigenvalue weighted by atomic mass is 10.0. The van der Waals surface area contributed by atoms with E-state index in [1.54, 1.807) is 0 Å². The van der Waals surface area contributed by atoms with Crippen LogP contribution in [0.15, 0.2) is 48.5 Å². The van der Waals surface area contributed by atoms with Crippen LogP contribution in [0.5, 0.6) is 0 Å². The molecule has 0 saturated carbocycles. The molecule has 0 aliphatic heterocycles.